The molecule has 21 heavy (non-hydrogen) atoms. The summed E-state index contributed by atoms with van der Waals surface area (Å²) in [7, 11) is 0. The van der Waals surface area contributed by atoms with Gasteiger partial charge in [0.05, 0.1) is 10.0 Å². The van der Waals surface area contributed by atoms with Crippen LogP contribution in [0.1, 0.15) is 38.7 Å². The van der Waals surface area contributed by atoms with Crippen molar-refractivity contribution in [3.63, 3.8) is 0 Å². The van der Waals surface area contributed by atoms with Crippen molar-refractivity contribution in [1.82, 2.24) is 4.90 Å². The lowest BCUT2D eigenvalue weighted by atomic mass is 10.0. The first kappa shape index (κ1) is 16.6. The number of benzene rings is 1. The van der Waals surface area contributed by atoms with Crippen LogP contribution in [-0.4, -0.2) is 22.9 Å². The van der Waals surface area contributed by atoms with Gasteiger partial charge in [-0.3, -0.25) is 4.79 Å². The highest BCUT2D eigenvalue weighted by molar-refractivity contribution is 6.42. The van der Waals surface area contributed by atoms with Crippen LogP contribution in [0.5, 0.6) is 0 Å². The molecule has 1 fully saturated rings. The van der Waals surface area contributed by atoms with E-state index >= 15 is 0 Å². The first-order valence-electron chi connectivity index (χ1n) is 7.38. The summed E-state index contributed by atoms with van der Waals surface area (Å²) in [6.07, 6.45) is 2.63. The second-order valence-electron chi connectivity index (χ2n) is 6.08. The zero-order valence-electron chi connectivity index (χ0n) is 12.5. The Kier molecular flexibility index (Phi) is 5.53. The van der Waals surface area contributed by atoms with Crippen molar-refractivity contribution in [3.05, 3.63) is 33.8 Å². The fourth-order valence-corrected chi connectivity index (χ4v) is 3.15. The highest BCUT2D eigenvalue weighted by atomic mass is 35.5. The summed E-state index contributed by atoms with van der Waals surface area (Å²) in [6, 6.07) is 5.82. The molecular weight excluding hydrogens is 307 g/mol. The van der Waals surface area contributed by atoms with Gasteiger partial charge >= 0.3 is 0 Å². The third-order valence-corrected chi connectivity index (χ3v) is 4.80. The molecule has 1 aliphatic rings. The number of rotatable bonds is 4. The molecule has 116 valence electrons. The number of carbonyl (C=O) groups is 1. The summed E-state index contributed by atoms with van der Waals surface area (Å²) in [6.45, 7) is 4.62. The number of hydrogen-bond donors (Lipinski definition) is 1. The van der Waals surface area contributed by atoms with Crippen LogP contribution in [0.3, 0.4) is 0 Å². The van der Waals surface area contributed by atoms with E-state index in [0.717, 1.165) is 24.8 Å². The third-order valence-electron chi connectivity index (χ3n) is 4.07. The average Bonchev–Trinajstić information content (AvgIpc) is 2.85. The molecule has 0 aliphatic heterocycles. The van der Waals surface area contributed by atoms with Crippen molar-refractivity contribution in [2.75, 3.05) is 0 Å². The highest BCUT2D eigenvalue weighted by Gasteiger charge is 2.32. The highest BCUT2D eigenvalue weighted by Crippen LogP contribution is 2.28. The molecule has 0 heterocycles. The summed E-state index contributed by atoms with van der Waals surface area (Å²) in [5.74, 6) is 0.259. The van der Waals surface area contributed by atoms with Gasteiger partial charge in [0.2, 0.25) is 5.91 Å². The molecule has 0 saturated heterocycles. The van der Waals surface area contributed by atoms with Crippen LogP contribution in [0.15, 0.2) is 18.2 Å². The maximum absolute atomic E-state index is 12.7. The molecule has 2 atom stereocenters. The van der Waals surface area contributed by atoms with Crippen molar-refractivity contribution in [2.24, 2.45) is 11.7 Å². The summed E-state index contributed by atoms with van der Waals surface area (Å²) < 4.78 is 0. The Hall–Kier alpha value is -0.770. The van der Waals surface area contributed by atoms with Crippen molar-refractivity contribution in [3.8, 4) is 0 Å². The van der Waals surface area contributed by atoms with Gasteiger partial charge in [-0.2, -0.15) is 0 Å². The van der Waals surface area contributed by atoms with Gasteiger partial charge in [-0.15, -0.1) is 0 Å². The molecule has 0 radical (unpaired) electrons. The standard InChI is InChI=1S/C16H22Cl2N2O/c1-10(2)20(16(21)12-4-5-13(19)8-12)9-11-3-6-14(17)15(18)7-11/h3,6-7,10,12-13H,4-5,8-9,19H2,1-2H3. The number of halogens is 2. The van der Waals surface area contributed by atoms with E-state index in [1.807, 2.05) is 30.9 Å². The van der Waals surface area contributed by atoms with Crippen LogP contribution < -0.4 is 5.73 Å². The van der Waals surface area contributed by atoms with Gasteiger partial charge in [-0.1, -0.05) is 29.3 Å². The van der Waals surface area contributed by atoms with Crippen molar-refractivity contribution < 1.29 is 4.79 Å². The Morgan fingerprint density at radius 1 is 1.33 bits per heavy atom. The van der Waals surface area contributed by atoms with Gasteiger partial charge in [-0.25, -0.2) is 0 Å². The minimum atomic E-state index is 0.0603. The lowest BCUT2D eigenvalue weighted by Gasteiger charge is -2.29. The van der Waals surface area contributed by atoms with Crippen LogP contribution in [-0.2, 0) is 11.3 Å². The van der Waals surface area contributed by atoms with Crippen LogP contribution in [0.25, 0.3) is 0 Å². The summed E-state index contributed by atoms with van der Waals surface area (Å²) in [4.78, 5) is 14.6. The van der Waals surface area contributed by atoms with Crippen LogP contribution in [0, 0.1) is 5.92 Å². The smallest absolute Gasteiger partial charge is 0.226 e. The molecule has 2 rings (SSSR count). The SMILES string of the molecule is CC(C)N(Cc1ccc(Cl)c(Cl)c1)C(=O)C1CCC(N)C1. The molecule has 2 unspecified atom stereocenters. The molecule has 1 aromatic rings. The topological polar surface area (TPSA) is 46.3 Å². The van der Waals surface area contributed by atoms with Crippen LogP contribution >= 0.6 is 23.2 Å². The summed E-state index contributed by atoms with van der Waals surface area (Å²) >= 11 is 12.0. The second-order valence-corrected chi connectivity index (χ2v) is 6.89. The molecule has 0 bridgehead atoms. The molecule has 5 heteroatoms. The van der Waals surface area contributed by atoms with E-state index in [4.69, 9.17) is 28.9 Å². The molecule has 2 N–H and O–H groups in total. The van der Waals surface area contributed by atoms with E-state index in [1.165, 1.54) is 0 Å². The zero-order chi connectivity index (χ0) is 15.6. The molecule has 3 nitrogen and oxygen atoms in total. The van der Waals surface area contributed by atoms with Crippen molar-refractivity contribution >= 4 is 29.1 Å². The van der Waals surface area contributed by atoms with E-state index in [1.54, 1.807) is 6.07 Å². The van der Waals surface area contributed by atoms with Gasteiger partial charge in [0.25, 0.3) is 0 Å². The molecule has 0 aromatic heterocycles. The number of nitrogens with zero attached hydrogens (tertiary/aromatic N) is 1. The van der Waals surface area contributed by atoms with Crippen LogP contribution in [0.4, 0.5) is 0 Å². The van der Waals surface area contributed by atoms with Crippen LogP contribution in [0.2, 0.25) is 10.0 Å². The average molecular weight is 329 g/mol. The van der Waals surface area contributed by atoms with E-state index in [-0.39, 0.29) is 23.9 Å². The van der Waals surface area contributed by atoms with Gasteiger partial charge in [0.1, 0.15) is 0 Å². The first-order valence-corrected chi connectivity index (χ1v) is 8.14. The predicted molar refractivity (Wildman–Crippen MR) is 87.5 cm³/mol. The fraction of sp³-hybridized carbons (Fsp3) is 0.562. The largest absolute Gasteiger partial charge is 0.336 e. The number of carbonyl (C=O) groups excluding carboxylic acids is 1. The molecule has 1 saturated carbocycles. The monoisotopic (exact) mass is 328 g/mol. The van der Waals surface area contributed by atoms with Crippen molar-refractivity contribution in [1.29, 1.82) is 0 Å². The number of nitrogens with two attached hydrogens (primary N) is 1. The predicted octanol–water partition coefficient (Wildman–Crippen LogP) is 3.86. The van der Waals surface area contributed by atoms with E-state index in [0.29, 0.717) is 16.6 Å². The minimum absolute atomic E-state index is 0.0603. The Morgan fingerprint density at radius 3 is 2.57 bits per heavy atom. The molecule has 1 aromatic carbocycles. The lowest BCUT2D eigenvalue weighted by molar-refractivity contribution is -0.137. The Labute approximate surface area is 136 Å². The number of amides is 1. The van der Waals surface area contributed by atoms with Gasteiger partial charge in [0.15, 0.2) is 0 Å². The summed E-state index contributed by atoms with van der Waals surface area (Å²) in [5, 5.41) is 1.05. The minimum Gasteiger partial charge on any atom is -0.336 e. The van der Waals surface area contributed by atoms with Crippen molar-refractivity contribution in [2.45, 2.75) is 51.7 Å². The fourth-order valence-electron chi connectivity index (χ4n) is 2.82. The van der Waals surface area contributed by atoms with Gasteiger partial charge in [0, 0.05) is 24.5 Å². The molecule has 0 spiro atoms. The zero-order valence-corrected chi connectivity index (χ0v) is 14.0. The van der Waals surface area contributed by atoms with Gasteiger partial charge in [-0.05, 0) is 50.8 Å². The maximum Gasteiger partial charge on any atom is 0.226 e. The Bertz CT molecular complexity index is 519. The molecule has 1 aliphatic carbocycles. The van der Waals surface area contributed by atoms with E-state index in [9.17, 15) is 4.79 Å². The second kappa shape index (κ2) is 6.99. The first-order chi connectivity index (χ1) is 9.88. The third kappa shape index (κ3) is 4.12. The normalized spacial score (nSPS) is 21.8. The number of hydrogen-bond acceptors (Lipinski definition) is 2. The Morgan fingerprint density at radius 2 is 2.05 bits per heavy atom. The lowest BCUT2D eigenvalue weighted by Crippen LogP contribution is -2.40. The van der Waals surface area contributed by atoms with E-state index < -0.39 is 0 Å². The van der Waals surface area contributed by atoms with E-state index in [2.05, 4.69) is 0 Å². The molecular formula is C16H22Cl2N2O. The summed E-state index contributed by atoms with van der Waals surface area (Å²) in [5.41, 5.74) is 6.92. The quantitative estimate of drug-likeness (QED) is 0.912. The van der Waals surface area contributed by atoms with Gasteiger partial charge < -0.3 is 10.6 Å². The molecule has 1 amide bonds. The maximum atomic E-state index is 12.7. The Balaban J connectivity index is 2.11.